The molecule has 0 saturated carbocycles. The fourth-order valence-electron chi connectivity index (χ4n) is 2.83. The third kappa shape index (κ3) is 5.09. The van der Waals surface area contributed by atoms with Gasteiger partial charge >= 0.3 is 0 Å². The number of thiocarbonyl (C=S) groups is 1. The molecule has 10 heteroatoms. The van der Waals surface area contributed by atoms with E-state index in [0.717, 1.165) is 5.56 Å². The van der Waals surface area contributed by atoms with E-state index in [9.17, 15) is 8.42 Å². The minimum Gasteiger partial charge on any atom is -0.358 e. The van der Waals surface area contributed by atoms with E-state index < -0.39 is 10.0 Å². The van der Waals surface area contributed by atoms with Gasteiger partial charge in [-0.25, -0.2) is 8.42 Å². The Labute approximate surface area is 185 Å². The van der Waals surface area contributed by atoms with Crippen molar-refractivity contribution in [1.29, 1.82) is 0 Å². The van der Waals surface area contributed by atoms with E-state index in [1.165, 1.54) is 16.4 Å². The summed E-state index contributed by atoms with van der Waals surface area (Å²) in [5.74, 6) is 0. The number of sulfonamides is 1. The van der Waals surface area contributed by atoms with Crippen LogP contribution in [0.25, 0.3) is 0 Å². The van der Waals surface area contributed by atoms with Crippen LogP contribution in [0.3, 0.4) is 0 Å². The first-order valence-corrected chi connectivity index (χ1v) is 11.5. The first kappa shape index (κ1) is 21.6. The number of benzene rings is 2. The smallest absolute Gasteiger partial charge is 0.243 e. The summed E-state index contributed by atoms with van der Waals surface area (Å²) >= 11 is 23.2. The summed E-state index contributed by atoms with van der Waals surface area (Å²) in [6.45, 7) is 2.26. The molecule has 1 fully saturated rings. The highest BCUT2D eigenvalue weighted by molar-refractivity contribution is 7.89. The number of rotatable bonds is 4. The highest BCUT2D eigenvalue weighted by atomic mass is 35.5. The molecule has 2 aromatic rings. The molecule has 5 nitrogen and oxygen atoms in total. The van der Waals surface area contributed by atoms with Gasteiger partial charge in [0.25, 0.3) is 0 Å². The molecule has 28 heavy (non-hydrogen) atoms. The van der Waals surface area contributed by atoms with Gasteiger partial charge < -0.3 is 10.2 Å². The van der Waals surface area contributed by atoms with Crippen molar-refractivity contribution >= 4 is 62.2 Å². The van der Waals surface area contributed by atoms with Gasteiger partial charge in [0, 0.05) is 37.7 Å². The molecule has 1 N–H and O–H groups in total. The van der Waals surface area contributed by atoms with Crippen LogP contribution in [0.2, 0.25) is 15.1 Å². The van der Waals surface area contributed by atoms with Crippen molar-refractivity contribution in [2.45, 2.75) is 11.4 Å². The van der Waals surface area contributed by atoms with E-state index in [1.807, 2.05) is 11.0 Å². The lowest BCUT2D eigenvalue weighted by atomic mass is 10.2. The molecule has 0 aliphatic carbocycles. The van der Waals surface area contributed by atoms with Crippen molar-refractivity contribution in [2.75, 3.05) is 26.2 Å². The molecule has 3 rings (SSSR count). The first-order chi connectivity index (χ1) is 13.3. The molecule has 0 spiro atoms. The Kier molecular flexibility index (Phi) is 7.07. The van der Waals surface area contributed by atoms with Crippen LogP contribution in [0.15, 0.2) is 47.4 Å². The van der Waals surface area contributed by atoms with Gasteiger partial charge in [0.05, 0.1) is 14.9 Å². The zero-order chi connectivity index (χ0) is 20.3. The number of nitrogens with one attached hydrogen (secondary N) is 1. The van der Waals surface area contributed by atoms with Gasteiger partial charge in [-0.05, 0) is 54.2 Å². The van der Waals surface area contributed by atoms with E-state index in [2.05, 4.69) is 5.32 Å². The summed E-state index contributed by atoms with van der Waals surface area (Å²) in [6.07, 6.45) is 0. The second-order valence-corrected chi connectivity index (χ2v) is 9.83. The highest BCUT2D eigenvalue weighted by Crippen LogP contribution is 2.23. The van der Waals surface area contributed by atoms with Crippen molar-refractivity contribution in [1.82, 2.24) is 14.5 Å². The van der Waals surface area contributed by atoms with Crippen LogP contribution in [0.5, 0.6) is 0 Å². The number of nitrogens with zero attached hydrogens (tertiary/aromatic N) is 2. The molecule has 0 atom stereocenters. The minimum absolute atomic E-state index is 0.241. The quantitative estimate of drug-likeness (QED) is 0.673. The minimum atomic E-state index is -3.53. The average molecular weight is 479 g/mol. The Bertz CT molecular complexity index is 961. The molecule has 1 aliphatic heterocycles. The number of piperazine rings is 1. The van der Waals surface area contributed by atoms with Gasteiger partial charge in [-0.3, -0.25) is 0 Å². The summed E-state index contributed by atoms with van der Waals surface area (Å²) in [4.78, 5) is 2.20. The van der Waals surface area contributed by atoms with Crippen LogP contribution in [-0.2, 0) is 16.6 Å². The van der Waals surface area contributed by atoms with Crippen LogP contribution in [0.4, 0.5) is 0 Å². The van der Waals surface area contributed by atoms with Crippen molar-refractivity contribution in [3.63, 3.8) is 0 Å². The molecule has 0 unspecified atom stereocenters. The largest absolute Gasteiger partial charge is 0.358 e. The Morgan fingerprint density at radius 1 is 0.964 bits per heavy atom. The Hall–Kier alpha value is -1.09. The van der Waals surface area contributed by atoms with Crippen LogP contribution >= 0.6 is 47.0 Å². The standard InChI is InChI=1S/C18H18Cl3N3O2S2/c19-14-2-4-15(5-3-14)28(25,26)24-9-7-23(8-10-24)18(27)22-12-13-1-6-16(20)17(21)11-13/h1-6,11H,7-10,12H2,(H,22,27). The van der Waals surface area contributed by atoms with Gasteiger partial charge in [-0.2, -0.15) is 4.31 Å². The monoisotopic (exact) mass is 477 g/mol. The van der Waals surface area contributed by atoms with Gasteiger partial charge in [0.2, 0.25) is 10.0 Å². The Morgan fingerprint density at radius 2 is 1.61 bits per heavy atom. The summed E-state index contributed by atoms with van der Waals surface area (Å²) in [6, 6.07) is 11.6. The molecule has 1 saturated heterocycles. The number of hydrogen-bond acceptors (Lipinski definition) is 3. The fraction of sp³-hybridized carbons (Fsp3) is 0.278. The van der Waals surface area contributed by atoms with Crippen LogP contribution < -0.4 is 5.32 Å². The van der Waals surface area contributed by atoms with Crippen LogP contribution in [-0.4, -0.2) is 48.9 Å². The maximum absolute atomic E-state index is 12.7. The molecule has 1 heterocycles. The van der Waals surface area contributed by atoms with Gasteiger partial charge in [-0.1, -0.05) is 40.9 Å². The third-order valence-corrected chi connectivity index (χ3v) is 7.71. The maximum Gasteiger partial charge on any atom is 0.243 e. The summed E-state index contributed by atoms with van der Waals surface area (Å²) in [5.41, 5.74) is 0.959. The molecule has 2 aromatic carbocycles. The second kappa shape index (κ2) is 9.15. The zero-order valence-electron chi connectivity index (χ0n) is 14.7. The Morgan fingerprint density at radius 3 is 2.21 bits per heavy atom. The van der Waals surface area contributed by atoms with E-state index in [0.29, 0.717) is 52.9 Å². The predicted octanol–water partition coefficient (Wildman–Crippen LogP) is 4.03. The van der Waals surface area contributed by atoms with Crippen LogP contribution in [0.1, 0.15) is 5.56 Å². The highest BCUT2D eigenvalue weighted by Gasteiger charge is 2.29. The number of halogens is 3. The van der Waals surface area contributed by atoms with Gasteiger partial charge in [0.15, 0.2) is 5.11 Å². The number of hydrogen-bond donors (Lipinski definition) is 1. The first-order valence-electron chi connectivity index (χ1n) is 8.50. The zero-order valence-corrected chi connectivity index (χ0v) is 18.6. The van der Waals surface area contributed by atoms with E-state index in [1.54, 1.807) is 24.3 Å². The SMILES string of the molecule is O=S(=O)(c1ccc(Cl)cc1)N1CCN(C(=S)NCc2ccc(Cl)c(Cl)c2)CC1. The molecule has 150 valence electrons. The molecular formula is C18H18Cl3N3O2S2. The topological polar surface area (TPSA) is 52.7 Å². The van der Waals surface area contributed by atoms with Crippen molar-refractivity contribution in [3.05, 3.63) is 63.1 Å². The Balaban J connectivity index is 1.55. The van der Waals surface area contributed by atoms with Crippen molar-refractivity contribution in [2.24, 2.45) is 0 Å². The normalized spacial score (nSPS) is 15.5. The lowest BCUT2D eigenvalue weighted by Crippen LogP contribution is -2.52. The van der Waals surface area contributed by atoms with Crippen molar-refractivity contribution in [3.8, 4) is 0 Å². The maximum atomic E-state index is 12.7. The summed E-state index contributed by atoms with van der Waals surface area (Å²) in [5, 5.41) is 5.26. The third-order valence-electron chi connectivity index (χ3n) is 4.41. The average Bonchev–Trinajstić information content (AvgIpc) is 2.69. The lowest BCUT2D eigenvalue weighted by molar-refractivity contribution is 0.264. The lowest BCUT2D eigenvalue weighted by Gasteiger charge is -2.35. The molecule has 0 amide bonds. The molecular weight excluding hydrogens is 461 g/mol. The summed E-state index contributed by atoms with van der Waals surface area (Å²) < 4.78 is 26.9. The fourth-order valence-corrected chi connectivity index (χ4v) is 4.95. The molecule has 0 aromatic heterocycles. The van der Waals surface area contributed by atoms with Gasteiger partial charge in [-0.15, -0.1) is 0 Å². The van der Waals surface area contributed by atoms with Crippen molar-refractivity contribution < 1.29 is 8.42 Å². The molecule has 1 aliphatic rings. The van der Waals surface area contributed by atoms with E-state index >= 15 is 0 Å². The molecule has 0 radical (unpaired) electrons. The van der Waals surface area contributed by atoms with Gasteiger partial charge in [0.1, 0.15) is 0 Å². The molecule has 0 bridgehead atoms. The van der Waals surface area contributed by atoms with E-state index in [-0.39, 0.29) is 4.90 Å². The predicted molar refractivity (Wildman–Crippen MR) is 118 cm³/mol. The summed E-state index contributed by atoms with van der Waals surface area (Å²) in [7, 11) is -3.53. The second-order valence-electron chi connectivity index (χ2n) is 6.25. The van der Waals surface area contributed by atoms with E-state index in [4.69, 9.17) is 47.0 Å². The van der Waals surface area contributed by atoms with Crippen LogP contribution in [0, 0.1) is 0 Å².